The molecule has 3 aromatic rings. The largest absolute Gasteiger partial charge is 0.481 e. The van der Waals surface area contributed by atoms with Crippen LogP contribution in [0.25, 0.3) is 10.9 Å². The molecule has 0 aliphatic heterocycles. The molecule has 3 N–H and O–H groups in total. The second-order valence-electron chi connectivity index (χ2n) is 8.27. The molecule has 2 aromatic carbocycles. The van der Waals surface area contributed by atoms with Crippen molar-refractivity contribution in [3.63, 3.8) is 0 Å². The first-order valence-corrected chi connectivity index (χ1v) is 10.5. The zero-order valence-electron chi connectivity index (χ0n) is 18.2. The Hall–Kier alpha value is -3.41. The number of fused-ring (bicyclic) bond motifs is 1. The maximum absolute atomic E-state index is 12.2. The third-order valence-electron chi connectivity index (χ3n) is 5.08. The summed E-state index contributed by atoms with van der Waals surface area (Å²) in [4.78, 5) is 27.4. The molecule has 0 aliphatic rings. The van der Waals surface area contributed by atoms with E-state index < -0.39 is 5.97 Å². The van der Waals surface area contributed by atoms with Crippen LogP contribution >= 0.6 is 0 Å². The van der Waals surface area contributed by atoms with Gasteiger partial charge in [-0.1, -0.05) is 37.6 Å². The normalized spacial score (nSPS) is 12.0. The molecule has 1 heterocycles. The lowest BCUT2D eigenvalue weighted by Crippen LogP contribution is -2.26. The Morgan fingerprint density at radius 3 is 2.48 bits per heavy atom. The van der Waals surface area contributed by atoms with Crippen LogP contribution in [0.3, 0.4) is 0 Å². The Balaban J connectivity index is 1.76. The number of carbonyl (C=O) groups excluding carboxylic acids is 1. The van der Waals surface area contributed by atoms with Gasteiger partial charge in [0.05, 0.1) is 29.9 Å². The highest BCUT2D eigenvalue weighted by atomic mass is 16.4. The number of benzene rings is 2. The fourth-order valence-corrected chi connectivity index (χ4v) is 3.53. The SMILES string of the molecule is Cc1ccc2ncc(NC(CC(C)C)c3ccc(C(=O)NCCC(=O)O)cc3)cc2c1. The van der Waals surface area contributed by atoms with E-state index in [2.05, 4.69) is 54.6 Å². The summed E-state index contributed by atoms with van der Waals surface area (Å²) in [5, 5.41) is 16.0. The van der Waals surface area contributed by atoms with Gasteiger partial charge in [-0.2, -0.15) is 0 Å². The fraction of sp³-hybridized carbons (Fsp3) is 0.320. The topological polar surface area (TPSA) is 91.3 Å². The van der Waals surface area contributed by atoms with Gasteiger partial charge >= 0.3 is 5.97 Å². The van der Waals surface area contributed by atoms with Crippen molar-refractivity contribution in [3.8, 4) is 0 Å². The van der Waals surface area contributed by atoms with Crippen molar-refractivity contribution in [1.29, 1.82) is 0 Å². The van der Waals surface area contributed by atoms with Gasteiger partial charge < -0.3 is 15.7 Å². The summed E-state index contributed by atoms with van der Waals surface area (Å²) in [5.41, 5.74) is 4.72. The first-order valence-electron chi connectivity index (χ1n) is 10.5. The molecule has 0 radical (unpaired) electrons. The van der Waals surface area contributed by atoms with Crippen LogP contribution in [-0.2, 0) is 4.79 Å². The molecule has 6 heteroatoms. The van der Waals surface area contributed by atoms with Gasteiger partial charge in [-0.05, 0) is 55.2 Å². The van der Waals surface area contributed by atoms with E-state index in [1.807, 2.05) is 24.4 Å². The highest BCUT2D eigenvalue weighted by Crippen LogP contribution is 2.27. The molecule has 0 fully saturated rings. The van der Waals surface area contributed by atoms with Gasteiger partial charge in [0, 0.05) is 17.5 Å². The summed E-state index contributed by atoms with van der Waals surface area (Å²) in [6, 6.07) is 15.9. The molecule has 0 bridgehead atoms. The lowest BCUT2D eigenvalue weighted by atomic mass is 9.95. The quantitative estimate of drug-likeness (QED) is 0.457. The molecule has 1 amide bonds. The zero-order valence-corrected chi connectivity index (χ0v) is 18.2. The number of nitrogens with zero attached hydrogens (tertiary/aromatic N) is 1. The van der Waals surface area contributed by atoms with Gasteiger partial charge in [-0.15, -0.1) is 0 Å². The molecule has 1 aromatic heterocycles. The molecule has 31 heavy (non-hydrogen) atoms. The smallest absolute Gasteiger partial charge is 0.305 e. The minimum atomic E-state index is -0.934. The molecule has 0 saturated heterocycles. The van der Waals surface area contributed by atoms with Gasteiger partial charge in [0.15, 0.2) is 0 Å². The second kappa shape index (κ2) is 10.1. The van der Waals surface area contributed by atoms with Gasteiger partial charge in [-0.3, -0.25) is 14.6 Å². The summed E-state index contributed by atoms with van der Waals surface area (Å²) >= 11 is 0. The standard InChI is InChI=1S/C25H29N3O3/c1-16(2)12-23(28-21-14-20-13-17(3)4-9-22(20)27-15-21)18-5-7-19(8-6-18)25(31)26-11-10-24(29)30/h4-9,13-16,23,28H,10-12H2,1-3H3,(H,26,31)(H,29,30). The molecular formula is C25H29N3O3. The van der Waals surface area contributed by atoms with Crippen molar-refractivity contribution < 1.29 is 14.7 Å². The zero-order chi connectivity index (χ0) is 22.4. The number of carboxylic acid groups (broad SMARTS) is 1. The van der Waals surface area contributed by atoms with Crippen molar-refractivity contribution in [2.75, 3.05) is 11.9 Å². The number of aryl methyl sites for hydroxylation is 1. The third-order valence-corrected chi connectivity index (χ3v) is 5.08. The number of amides is 1. The monoisotopic (exact) mass is 419 g/mol. The van der Waals surface area contributed by atoms with Gasteiger partial charge in [0.25, 0.3) is 5.91 Å². The van der Waals surface area contributed by atoms with Crippen LogP contribution in [0.15, 0.2) is 54.7 Å². The van der Waals surface area contributed by atoms with Gasteiger partial charge in [0.2, 0.25) is 0 Å². The van der Waals surface area contributed by atoms with Crippen LogP contribution in [-0.4, -0.2) is 28.5 Å². The van der Waals surface area contributed by atoms with Crippen molar-refractivity contribution in [3.05, 3.63) is 71.4 Å². The van der Waals surface area contributed by atoms with Crippen LogP contribution in [0.2, 0.25) is 0 Å². The van der Waals surface area contributed by atoms with E-state index >= 15 is 0 Å². The van der Waals surface area contributed by atoms with E-state index in [4.69, 9.17) is 5.11 Å². The minimum Gasteiger partial charge on any atom is -0.481 e. The van der Waals surface area contributed by atoms with Crippen LogP contribution in [0, 0.1) is 12.8 Å². The molecule has 0 saturated carbocycles. The van der Waals surface area contributed by atoms with E-state index in [0.29, 0.717) is 11.5 Å². The fourth-order valence-electron chi connectivity index (χ4n) is 3.53. The summed E-state index contributed by atoms with van der Waals surface area (Å²) in [6.45, 7) is 6.55. The number of aromatic nitrogens is 1. The van der Waals surface area contributed by atoms with Crippen LogP contribution in [0.5, 0.6) is 0 Å². The van der Waals surface area contributed by atoms with Crippen molar-refractivity contribution in [2.45, 2.75) is 39.7 Å². The molecular weight excluding hydrogens is 390 g/mol. The van der Waals surface area contributed by atoms with Crippen LogP contribution in [0.4, 0.5) is 5.69 Å². The maximum atomic E-state index is 12.2. The van der Waals surface area contributed by atoms with Gasteiger partial charge in [-0.25, -0.2) is 0 Å². The number of pyridine rings is 1. The van der Waals surface area contributed by atoms with Crippen molar-refractivity contribution in [1.82, 2.24) is 10.3 Å². The lowest BCUT2D eigenvalue weighted by molar-refractivity contribution is -0.136. The number of anilines is 1. The van der Waals surface area contributed by atoms with E-state index in [1.165, 1.54) is 5.56 Å². The summed E-state index contributed by atoms with van der Waals surface area (Å²) in [6.07, 6.45) is 2.69. The summed E-state index contributed by atoms with van der Waals surface area (Å²) < 4.78 is 0. The van der Waals surface area contributed by atoms with Crippen LogP contribution in [0.1, 0.15) is 54.2 Å². The molecule has 6 nitrogen and oxygen atoms in total. The molecule has 1 atom stereocenters. The Labute approximate surface area is 182 Å². The minimum absolute atomic E-state index is 0.0770. The highest BCUT2D eigenvalue weighted by molar-refractivity contribution is 5.94. The van der Waals surface area contributed by atoms with E-state index in [9.17, 15) is 9.59 Å². The van der Waals surface area contributed by atoms with Crippen molar-refractivity contribution in [2.24, 2.45) is 5.92 Å². The molecule has 0 aliphatic carbocycles. The van der Waals surface area contributed by atoms with E-state index in [0.717, 1.165) is 28.6 Å². The first-order chi connectivity index (χ1) is 14.8. The van der Waals surface area contributed by atoms with Gasteiger partial charge in [0.1, 0.15) is 0 Å². The van der Waals surface area contributed by atoms with Crippen LogP contribution < -0.4 is 10.6 Å². The Morgan fingerprint density at radius 1 is 1.06 bits per heavy atom. The second-order valence-corrected chi connectivity index (χ2v) is 8.27. The molecule has 3 rings (SSSR count). The predicted molar refractivity (Wildman–Crippen MR) is 123 cm³/mol. The third kappa shape index (κ3) is 6.28. The number of aliphatic carboxylic acids is 1. The molecule has 162 valence electrons. The lowest BCUT2D eigenvalue weighted by Gasteiger charge is -2.22. The molecule has 1 unspecified atom stereocenters. The number of carboxylic acids is 1. The number of rotatable bonds is 9. The van der Waals surface area contributed by atoms with E-state index in [-0.39, 0.29) is 24.9 Å². The Bertz CT molecular complexity index is 1060. The number of carbonyl (C=O) groups is 2. The average Bonchev–Trinajstić information content (AvgIpc) is 2.72. The highest BCUT2D eigenvalue weighted by Gasteiger charge is 2.15. The summed E-state index contributed by atoms with van der Waals surface area (Å²) in [5.74, 6) is -0.723. The first kappa shape index (κ1) is 22.3. The predicted octanol–water partition coefficient (Wildman–Crippen LogP) is 4.95. The molecule has 0 spiro atoms. The Kier molecular flexibility index (Phi) is 7.23. The number of nitrogens with one attached hydrogen (secondary N) is 2. The maximum Gasteiger partial charge on any atom is 0.305 e. The summed E-state index contributed by atoms with van der Waals surface area (Å²) in [7, 11) is 0. The van der Waals surface area contributed by atoms with Crippen molar-refractivity contribution >= 4 is 28.5 Å². The van der Waals surface area contributed by atoms with E-state index in [1.54, 1.807) is 12.1 Å². The average molecular weight is 420 g/mol. The number of hydrogen-bond donors (Lipinski definition) is 3. The Morgan fingerprint density at radius 2 is 1.81 bits per heavy atom. The number of hydrogen-bond acceptors (Lipinski definition) is 4.